The Bertz CT molecular complexity index is 1650. The Kier molecular flexibility index (Phi) is 7.61. The van der Waals surface area contributed by atoms with E-state index in [1.165, 1.54) is 23.5 Å². The molecule has 0 radical (unpaired) electrons. The zero-order valence-electron chi connectivity index (χ0n) is 23.3. The number of aromatic nitrogens is 4. The van der Waals surface area contributed by atoms with Gasteiger partial charge in [-0.05, 0) is 37.3 Å². The third-order valence-electron chi connectivity index (χ3n) is 7.55. The summed E-state index contributed by atoms with van der Waals surface area (Å²) in [4.78, 5) is 29.5. The van der Waals surface area contributed by atoms with Crippen molar-refractivity contribution >= 4 is 45.0 Å². The minimum absolute atomic E-state index is 0.0136. The molecule has 0 saturated carbocycles. The first-order chi connectivity index (χ1) is 20.4. The molecule has 2 fully saturated rings. The minimum Gasteiger partial charge on any atom is -0.378 e. The van der Waals surface area contributed by atoms with Crippen LogP contribution in [0, 0.1) is 23.1 Å². The Morgan fingerprint density at radius 2 is 1.76 bits per heavy atom. The van der Waals surface area contributed by atoms with Crippen molar-refractivity contribution in [2.45, 2.75) is 13.5 Å². The number of anilines is 3. The van der Waals surface area contributed by atoms with E-state index in [1.54, 1.807) is 32.7 Å². The summed E-state index contributed by atoms with van der Waals surface area (Å²) in [6.07, 6.45) is 0. The summed E-state index contributed by atoms with van der Waals surface area (Å²) in [5, 5.41) is 15.5. The molecule has 0 unspecified atom stereocenters. The lowest BCUT2D eigenvalue weighted by atomic mass is 10.1. The van der Waals surface area contributed by atoms with Crippen molar-refractivity contribution < 1.29 is 18.3 Å². The van der Waals surface area contributed by atoms with E-state index in [4.69, 9.17) is 9.72 Å². The van der Waals surface area contributed by atoms with Gasteiger partial charge in [0.1, 0.15) is 28.3 Å². The number of fused-ring (bicyclic) bond motifs is 1. The number of morpholine rings is 1. The van der Waals surface area contributed by atoms with Crippen LogP contribution in [0.1, 0.15) is 11.8 Å². The summed E-state index contributed by atoms with van der Waals surface area (Å²) in [6, 6.07) is 9.78. The molecular weight excluding hydrogens is 564 g/mol. The number of hydrogen-bond donors (Lipinski definition) is 0. The molecule has 0 N–H and O–H groups in total. The van der Waals surface area contributed by atoms with Gasteiger partial charge in [0, 0.05) is 58.4 Å². The van der Waals surface area contributed by atoms with E-state index in [0.29, 0.717) is 97.2 Å². The number of nitrogens with zero attached hydrogens (tertiary/aromatic N) is 9. The highest BCUT2D eigenvalue weighted by molar-refractivity contribution is 7.16. The number of urea groups is 1. The van der Waals surface area contributed by atoms with Gasteiger partial charge in [0.15, 0.2) is 10.8 Å². The number of carbonyl (C=O) groups excluding carboxylic acids is 1. The van der Waals surface area contributed by atoms with Crippen LogP contribution >= 0.6 is 11.3 Å². The highest BCUT2D eigenvalue weighted by Crippen LogP contribution is 2.38. The lowest BCUT2D eigenvalue weighted by Crippen LogP contribution is -2.55. The maximum Gasteiger partial charge on any atom is 0.320 e. The molecule has 0 aliphatic carbocycles. The number of ether oxygens (including phenoxy) is 1. The molecule has 14 heteroatoms. The molecule has 1 aromatic carbocycles. The quantitative estimate of drug-likeness (QED) is 0.319. The Hall–Kier alpha value is -4.35. The zero-order chi connectivity index (χ0) is 29.4. The number of amides is 2. The van der Waals surface area contributed by atoms with Crippen molar-refractivity contribution in [1.29, 1.82) is 5.26 Å². The van der Waals surface area contributed by atoms with Crippen molar-refractivity contribution in [2.75, 3.05) is 69.3 Å². The average molecular weight is 594 g/mol. The van der Waals surface area contributed by atoms with E-state index in [9.17, 15) is 14.4 Å². The highest BCUT2D eigenvalue weighted by atomic mass is 32.1. The summed E-state index contributed by atoms with van der Waals surface area (Å²) >= 11 is 1.21. The maximum atomic E-state index is 15.3. The number of aryl methyl sites for hydroxylation is 1. The van der Waals surface area contributed by atoms with Gasteiger partial charge < -0.3 is 24.3 Å². The van der Waals surface area contributed by atoms with Crippen LogP contribution in [-0.2, 0) is 11.3 Å². The third-order valence-corrected chi connectivity index (χ3v) is 8.59. The normalized spacial score (nSPS) is 15.7. The summed E-state index contributed by atoms with van der Waals surface area (Å²) < 4.78 is 35.9. The van der Waals surface area contributed by atoms with Gasteiger partial charge in [-0.25, -0.2) is 18.9 Å². The summed E-state index contributed by atoms with van der Waals surface area (Å²) in [5.74, 6) is -0.333. The van der Waals surface area contributed by atoms with Gasteiger partial charge >= 0.3 is 6.03 Å². The molecule has 6 rings (SSSR count). The van der Waals surface area contributed by atoms with Gasteiger partial charge in [-0.15, -0.1) is 0 Å². The van der Waals surface area contributed by atoms with Crippen LogP contribution in [0.15, 0.2) is 30.3 Å². The fourth-order valence-corrected chi connectivity index (χ4v) is 6.17. The molecule has 42 heavy (non-hydrogen) atoms. The zero-order valence-corrected chi connectivity index (χ0v) is 24.1. The number of nitriles is 1. The summed E-state index contributed by atoms with van der Waals surface area (Å²) in [5.41, 5.74) is 1.70. The molecule has 2 aliphatic heterocycles. The molecule has 2 aliphatic rings. The lowest BCUT2D eigenvalue weighted by Gasteiger charge is -2.39. The Morgan fingerprint density at radius 1 is 1.07 bits per heavy atom. The maximum absolute atomic E-state index is 15.3. The second-order valence-corrected chi connectivity index (χ2v) is 11.0. The highest BCUT2D eigenvalue weighted by Gasteiger charge is 2.29. The standard InChI is InChI=1S/C28H29F2N9O2S/c1-3-39-26(35(2)27-32-23(22(17-31)42-27)18-4-6-19(29)7-5-18)20-16-21(24(30)33-25(20)34-39)36-8-10-37(11-9-36)28(40)38-12-14-41-15-13-38/h4-7,16H,3,8-15H2,1-2H3. The summed E-state index contributed by atoms with van der Waals surface area (Å²) in [7, 11) is 1.82. The smallest absolute Gasteiger partial charge is 0.320 e. The molecule has 2 saturated heterocycles. The van der Waals surface area contributed by atoms with E-state index < -0.39 is 5.95 Å². The van der Waals surface area contributed by atoms with Crippen LogP contribution in [0.4, 0.5) is 30.2 Å². The fourth-order valence-electron chi connectivity index (χ4n) is 5.32. The monoisotopic (exact) mass is 593 g/mol. The van der Waals surface area contributed by atoms with E-state index in [-0.39, 0.29) is 17.5 Å². The predicted octanol–water partition coefficient (Wildman–Crippen LogP) is 4.07. The van der Waals surface area contributed by atoms with Crippen LogP contribution in [0.3, 0.4) is 0 Å². The van der Waals surface area contributed by atoms with Crippen LogP contribution in [0.2, 0.25) is 0 Å². The first-order valence-electron chi connectivity index (χ1n) is 13.7. The van der Waals surface area contributed by atoms with E-state index in [1.807, 2.05) is 23.8 Å². The van der Waals surface area contributed by atoms with Gasteiger partial charge in [-0.3, -0.25) is 0 Å². The Morgan fingerprint density at radius 3 is 2.43 bits per heavy atom. The van der Waals surface area contributed by atoms with E-state index in [2.05, 4.69) is 16.2 Å². The number of thiazole rings is 1. The Labute approximate surface area is 245 Å². The first-order valence-corrected chi connectivity index (χ1v) is 14.5. The van der Waals surface area contributed by atoms with Gasteiger partial charge in [0.05, 0.1) is 24.3 Å². The van der Waals surface area contributed by atoms with Crippen LogP contribution in [0.25, 0.3) is 22.3 Å². The Balaban J connectivity index is 1.29. The lowest BCUT2D eigenvalue weighted by molar-refractivity contribution is 0.0428. The second-order valence-electron chi connectivity index (χ2n) is 10.0. The SMILES string of the molecule is CCn1nc2nc(F)c(N3CCN(C(=O)N4CCOCC4)CC3)cc2c1N(C)c1nc(-c2ccc(F)cc2)c(C#N)s1. The number of hydrogen-bond acceptors (Lipinski definition) is 9. The van der Waals surface area contributed by atoms with Crippen molar-refractivity contribution in [3.8, 4) is 17.3 Å². The molecule has 3 aromatic heterocycles. The van der Waals surface area contributed by atoms with Gasteiger partial charge in [-0.1, -0.05) is 11.3 Å². The van der Waals surface area contributed by atoms with Crippen molar-refractivity contribution in [3.05, 3.63) is 47.0 Å². The minimum atomic E-state index is -0.620. The number of benzene rings is 1. The van der Waals surface area contributed by atoms with Gasteiger partial charge in [0.2, 0.25) is 5.95 Å². The van der Waals surface area contributed by atoms with Gasteiger partial charge in [-0.2, -0.15) is 19.7 Å². The number of carbonyl (C=O) groups is 1. The molecule has 218 valence electrons. The predicted molar refractivity (Wildman–Crippen MR) is 155 cm³/mol. The number of rotatable bonds is 5. The topological polar surface area (TPSA) is 107 Å². The molecule has 5 heterocycles. The first kappa shape index (κ1) is 27.8. The number of halogens is 2. The van der Waals surface area contributed by atoms with Crippen molar-refractivity contribution in [3.63, 3.8) is 0 Å². The third kappa shape index (κ3) is 5.10. The van der Waals surface area contributed by atoms with Crippen LogP contribution in [0.5, 0.6) is 0 Å². The second kappa shape index (κ2) is 11.5. The number of piperazine rings is 1. The summed E-state index contributed by atoms with van der Waals surface area (Å²) in [6.45, 7) is 6.52. The molecule has 0 spiro atoms. The average Bonchev–Trinajstić information content (AvgIpc) is 3.62. The van der Waals surface area contributed by atoms with Gasteiger partial charge in [0.25, 0.3) is 0 Å². The van der Waals surface area contributed by atoms with E-state index >= 15 is 4.39 Å². The van der Waals surface area contributed by atoms with E-state index in [0.717, 1.165) is 0 Å². The van der Waals surface area contributed by atoms with Crippen molar-refractivity contribution in [1.82, 2.24) is 29.5 Å². The number of pyridine rings is 1. The van der Waals surface area contributed by atoms with Crippen LogP contribution < -0.4 is 9.80 Å². The molecule has 11 nitrogen and oxygen atoms in total. The van der Waals surface area contributed by atoms with Crippen LogP contribution in [-0.4, -0.2) is 95.1 Å². The van der Waals surface area contributed by atoms with Crippen molar-refractivity contribution in [2.24, 2.45) is 0 Å². The molecule has 0 atom stereocenters. The fraction of sp³-hybridized carbons (Fsp3) is 0.393. The molecule has 0 bridgehead atoms. The largest absolute Gasteiger partial charge is 0.378 e. The molecule has 4 aromatic rings. The molecular formula is C28H29F2N9O2S. The molecule has 2 amide bonds.